The van der Waals surface area contributed by atoms with Crippen LogP contribution in [0.3, 0.4) is 0 Å². The van der Waals surface area contributed by atoms with Crippen molar-refractivity contribution >= 4 is 45.9 Å². The van der Waals surface area contributed by atoms with Crippen molar-refractivity contribution in [3.8, 4) is 21.4 Å². The molecule has 4 aromatic rings. The van der Waals surface area contributed by atoms with E-state index in [0.717, 1.165) is 20.4 Å². The minimum Gasteiger partial charge on any atom is -0.325 e. The minimum absolute atomic E-state index is 0.123. The number of alkyl halides is 3. The number of aromatic nitrogens is 5. The zero-order valence-corrected chi connectivity index (χ0v) is 17.7. The molecule has 150 valence electrons. The van der Waals surface area contributed by atoms with Gasteiger partial charge in [-0.25, -0.2) is 19.9 Å². The van der Waals surface area contributed by atoms with Gasteiger partial charge in [0.05, 0.1) is 27.0 Å². The zero-order valence-electron chi connectivity index (χ0n) is 15.3. The van der Waals surface area contributed by atoms with Gasteiger partial charge in [0.25, 0.3) is 0 Å². The molecule has 0 aliphatic rings. The van der Waals surface area contributed by atoms with E-state index in [1.165, 1.54) is 23.6 Å². The van der Waals surface area contributed by atoms with Gasteiger partial charge in [-0.05, 0) is 24.0 Å². The van der Waals surface area contributed by atoms with Gasteiger partial charge in [0, 0.05) is 36.1 Å². The molecule has 29 heavy (non-hydrogen) atoms. The van der Waals surface area contributed by atoms with Crippen LogP contribution in [0.15, 0.2) is 46.7 Å². The number of nitrogens with zero attached hydrogens (tertiary/aromatic N) is 5. The molecule has 0 N–H and O–H groups in total. The van der Waals surface area contributed by atoms with Crippen molar-refractivity contribution in [2.45, 2.75) is 22.4 Å². The Morgan fingerprint density at radius 1 is 1.14 bits per heavy atom. The molecule has 11 heteroatoms. The lowest BCUT2D eigenvalue weighted by Crippen LogP contribution is -2.00. The second-order valence-corrected chi connectivity index (χ2v) is 9.31. The number of thiophene rings is 1. The van der Waals surface area contributed by atoms with E-state index < -0.39 is 5.51 Å². The molecule has 0 saturated carbocycles. The number of thioether (sulfide) groups is 2. The van der Waals surface area contributed by atoms with Crippen LogP contribution in [0.25, 0.3) is 32.4 Å². The predicted molar refractivity (Wildman–Crippen MR) is 111 cm³/mol. The van der Waals surface area contributed by atoms with Crippen LogP contribution in [-0.4, -0.2) is 35.8 Å². The number of imidazole rings is 1. The maximum Gasteiger partial charge on any atom is 0.447 e. The predicted octanol–water partition coefficient (Wildman–Crippen LogP) is 5.88. The van der Waals surface area contributed by atoms with Crippen LogP contribution in [0, 0.1) is 0 Å². The second kappa shape index (κ2) is 7.96. The second-order valence-electron chi connectivity index (χ2n) is 5.86. The van der Waals surface area contributed by atoms with E-state index >= 15 is 0 Å². The van der Waals surface area contributed by atoms with Gasteiger partial charge in [-0.2, -0.15) is 13.2 Å². The minimum atomic E-state index is -4.39. The van der Waals surface area contributed by atoms with Crippen molar-refractivity contribution in [2.24, 2.45) is 7.05 Å². The van der Waals surface area contributed by atoms with Gasteiger partial charge in [0.1, 0.15) is 5.03 Å². The standard InChI is InChI=1S/C18H14F3N5S3/c1-3-27-12-8-13(16-22-5-4-6-23-16)28-15(12)17-25-10-7-14(29-18(19,20)21)24-9-11(10)26(17)2/h4-9H,3H2,1-2H3. The molecule has 0 atom stereocenters. The molecule has 0 bridgehead atoms. The Hall–Kier alpha value is -2.11. The molecule has 4 rings (SSSR count). The molecule has 0 saturated heterocycles. The number of halogens is 3. The van der Waals surface area contributed by atoms with Gasteiger partial charge in [-0.3, -0.25) is 0 Å². The lowest BCUT2D eigenvalue weighted by molar-refractivity contribution is -0.0329. The molecule has 0 amide bonds. The summed E-state index contributed by atoms with van der Waals surface area (Å²) in [6.07, 6.45) is 4.81. The number of hydrogen-bond acceptors (Lipinski definition) is 7. The Labute approximate surface area is 176 Å². The van der Waals surface area contributed by atoms with Crippen LogP contribution < -0.4 is 0 Å². The van der Waals surface area contributed by atoms with E-state index in [1.807, 2.05) is 17.7 Å². The number of hydrogen-bond donors (Lipinski definition) is 0. The van der Waals surface area contributed by atoms with Gasteiger partial charge in [-0.1, -0.05) is 6.92 Å². The molecule has 0 unspecified atom stereocenters. The summed E-state index contributed by atoms with van der Waals surface area (Å²) in [6.45, 7) is 2.06. The van der Waals surface area contributed by atoms with E-state index in [2.05, 4.69) is 26.9 Å². The van der Waals surface area contributed by atoms with Gasteiger partial charge in [0.15, 0.2) is 11.6 Å². The Morgan fingerprint density at radius 3 is 2.59 bits per heavy atom. The molecule has 0 fully saturated rings. The molecule has 4 aromatic heterocycles. The van der Waals surface area contributed by atoms with Crippen LogP contribution in [0.4, 0.5) is 13.2 Å². The van der Waals surface area contributed by atoms with Crippen molar-refractivity contribution in [1.29, 1.82) is 0 Å². The van der Waals surface area contributed by atoms with Gasteiger partial charge in [0.2, 0.25) is 0 Å². The number of aryl methyl sites for hydroxylation is 1. The van der Waals surface area contributed by atoms with Crippen molar-refractivity contribution in [2.75, 3.05) is 5.75 Å². The molecule has 0 spiro atoms. The van der Waals surface area contributed by atoms with Gasteiger partial charge < -0.3 is 4.57 Å². The maximum atomic E-state index is 12.7. The summed E-state index contributed by atoms with van der Waals surface area (Å²) in [7, 11) is 1.84. The SMILES string of the molecule is CCSc1cc(-c2ncccn2)sc1-c1nc2cc(SC(F)(F)F)ncc2n1C. The quantitative estimate of drug-likeness (QED) is 0.352. The lowest BCUT2D eigenvalue weighted by Gasteiger charge is -2.04. The van der Waals surface area contributed by atoms with Crippen LogP contribution >= 0.6 is 34.9 Å². The van der Waals surface area contributed by atoms with Crippen LogP contribution in [-0.2, 0) is 7.05 Å². The fourth-order valence-corrected chi connectivity index (χ4v) is 5.43. The van der Waals surface area contributed by atoms with Crippen LogP contribution in [0.2, 0.25) is 0 Å². The van der Waals surface area contributed by atoms with Crippen molar-refractivity contribution in [3.05, 3.63) is 36.8 Å². The molecule has 5 nitrogen and oxygen atoms in total. The first-order valence-electron chi connectivity index (χ1n) is 8.48. The Kier molecular flexibility index (Phi) is 5.54. The first kappa shape index (κ1) is 20.2. The molecule has 0 aromatic carbocycles. The smallest absolute Gasteiger partial charge is 0.325 e. The van der Waals surface area contributed by atoms with Crippen molar-refractivity contribution < 1.29 is 13.2 Å². The van der Waals surface area contributed by atoms with Crippen LogP contribution in [0.1, 0.15) is 6.92 Å². The van der Waals surface area contributed by atoms with E-state index in [4.69, 9.17) is 0 Å². The Bertz CT molecular complexity index is 1150. The average Bonchev–Trinajstić information content (AvgIpc) is 3.22. The topological polar surface area (TPSA) is 56.5 Å². The van der Waals surface area contributed by atoms with Gasteiger partial charge >= 0.3 is 5.51 Å². The van der Waals surface area contributed by atoms with E-state index in [9.17, 15) is 13.2 Å². The third-order valence-corrected chi connectivity index (χ3v) is 6.79. The molecule has 0 aliphatic carbocycles. The Balaban J connectivity index is 1.81. The number of rotatable bonds is 5. The van der Waals surface area contributed by atoms with Crippen LogP contribution in [0.5, 0.6) is 0 Å². The molecular formula is C18H14F3N5S3. The molecular weight excluding hydrogens is 439 g/mol. The lowest BCUT2D eigenvalue weighted by atomic mass is 10.4. The summed E-state index contributed by atoms with van der Waals surface area (Å²) in [5, 5.41) is -0.123. The maximum absolute atomic E-state index is 12.7. The largest absolute Gasteiger partial charge is 0.447 e. The monoisotopic (exact) mass is 453 g/mol. The fraction of sp³-hybridized carbons (Fsp3) is 0.222. The van der Waals surface area contributed by atoms with E-state index in [0.29, 0.717) is 22.7 Å². The zero-order chi connectivity index (χ0) is 20.6. The highest BCUT2D eigenvalue weighted by molar-refractivity contribution is 8.00. The first-order valence-corrected chi connectivity index (χ1v) is 11.1. The summed E-state index contributed by atoms with van der Waals surface area (Å²) in [4.78, 5) is 20.1. The van der Waals surface area contributed by atoms with Crippen molar-refractivity contribution in [1.82, 2.24) is 24.5 Å². The summed E-state index contributed by atoms with van der Waals surface area (Å²) in [5.41, 5.74) is -3.24. The third-order valence-electron chi connectivity index (χ3n) is 3.95. The molecule has 0 aliphatic heterocycles. The summed E-state index contributed by atoms with van der Waals surface area (Å²) in [6, 6.07) is 5.17. The highest BCUT2D eigenvalue weighted by Gasteiger charge is 2.30. The summed E-state index contributed by atoms with van der Waals surface area (Å²) < 4.78 is 39.9. The fourth-order valence-electron chi connectivity index (χ4n) is 2.78. The number of pyridine rings is 1. The van der Waals surface area contributed by atoms with E-state index in [1.54, 1.807) is 30.2 Å². The highest BCUT2D eigenvalue weighted by Crippen LogP contribution is 2.43. The normalized spacial score (nSPS) is 12.0. The molecule has 4 heterocycles. The molecule has 0 radical (unpaired) electrons. The van der Waals surface area contributed by atoms with E-state index in [-0.39, 0.29) is 16.8 Å². The van der Waals surface area contributed by atoms with Crippen molar-refractivity contribution in [3.63, 3.8) is 0 Å². The Morgan fingerprint density at radius 2 is 1.90 bits per heavy atom. The summed E-state index contributed by atoms with van der Waals surface area (Å²) in [5.74, 6) is 2.18. The summed E-state index contributed by atoms with van der Waals surface area (Å²) >= 11 is 2.95. The average molecular weight is 454 g/mol. The first-order chi connectivity index (χ1) is 13.9. The highest BCUT2D eigenvalue weighted by atomic mass is 32.2. The number of fused-ring (bicyclic) bond motifs is 1. The van der Waals surface area contributed by atoms with Gasteiger partial charge in [-0.15, -0.1) is 23.1 Å². The third kappa shape index (κ3) is 4.26.